The van der Waals surface area contributed by atoms with E-state index in [1.807, 2.05) is 0 Å². The molecule has 4 atom stereocenters. The number of aromatic amines is 1. The Morgan fingerprint density at radius 1 is 0.815 bits per heavy atom. The molecular formula is C51H43N13O11S6. The van der Waals surface area contributed by atoms with Crippen molar-refractivity contribution in [2.45, 2.75) is 64.4 Å². The maximum Gasteiger partial charge on any atom is 0.306 e. The molecule has 2 aliphatic rings. The molecule has 10 N–H and O–H groups in total. The van der Waals surface area contributed by atoms with Crippen molar-refractivity contribution in [3.63, 3.8) is 0 Å². The lowest BCUT2D eigenvalue weighted by atomic mass is 10.1. The molecule has 0 saturated heterocycles. The first-order chi connectivity index (χ1) is 38.8. The number of ether oxygens (including phenoxy) is 1. The van der Waals surface area contributed by atoms with Crippen LogP contribution in [0.15, 0.2) is 69.5 Å². The van der Waals surface area contributed by atoms with Gasteiger partial charge in [-0.15, -0.1) is 56.7 Å². The number of H-pyrrole nitrogens is 1. The van der Waals surface area contributed by atoms with E-state index in [9.17, 15) is 48.6 Å². The molecule has 81 heavy (non-hydrogen) atoms. The van der Waals surface area contributed by atoms with Gasteiger partial charge in [0.1, 0.15) is 83.3 Å². The molecule has 414 valence electrons. The van der Waals surface area contributed by atoms with E-state index < -0.39 is 71.4 Å². The van der Waals surface area contributed by atoms with Crippen molar-refractivity contribution >= 4 is 132 Å². The number of hydrogen-bond donors (Lipinski definition) is 9. The number of nitrogens with zero attached hydrogens (tertiary/aromatic N) is 6. The van der Waals surface area contributed by atoms with Crippen LogP contribution in [0.2, 0.25) is 0 Å². The molecule has 0 radical (unpaired) electrons. The highest BCUT2D eigenvalue weighted by molar-refractivity contribution is 8.14. The standard InChI is InChI=1S/C51H43N13O11S6/c1-5-24-47-60-29(15-78-47)42(70)56-26-9-10-34(67)75-12-22-7-6-8-25-35(22)19(2)36(54-25)51(74)81-18-32(57-43(71)30-16-79-48(26)61-30)49-58-27(13-77-49)38-23(46-59-31(14-76-46)44(72)64-37(21(4)65)45(73)55-24)11-33(66)39(63-38)50-62-28(17-80-50)41(69)53-20(3)40(52)68/h5-8,11,13-17,21,26,32,37,54,65-66H,3,9-10,12,18H2,1-2,4H3,(H2,52,68)(H,53,69)(H,55,73)(H,56,70)(H,57,71)(H,64,72)/b24-5-/t21-,26-,32+,37+/m1/s1. The smallest absolute Gasteiger partial charge is 0.306 e. The Kier molecular flexibility index (Phi) is 16.1. The Morgan fingerprint density at radius 3 is 2.19 bits per heavy atom. The summed E-state index contributed by atoms with van der Waals surface area (Å²) in [4.78, 5) is 140. The van der Waals surface area contributed by atoms with Gasteiger partial charge in [-0.05, 0) is 50.5 Å². The van der Waals surface area contributed by atoms with E-state index in [0.29, 0.717) is 22.0 Å². The Labute approximate surface area is 481 Å². The number of carbonyl (C=O) groups is 8. The van der Waals surface area contributed by atoms with Gasteiger partial charge in [0.15, 0.2) is 0 Å². The minimum atomic E-state index is -1.54. The number of primary amides is 1. The number of carbonyl (C=O) groups excluding carboxylic acids is 8. The summed E-state index contributed by atoms with van der Waals surface area (Å²) in [5.74, 6) is -5.92. The number of fused-ring (bicyclic) bond motifs is 13. The zero-order valence-electron chi connectivity index (χ0n) is 42.4. The van der Waals surface area contributed by atoms with E-state index in [2.05, 4.69) is 58.1 Å². The van der Waals surface area contributed by atoms with E-state index in [1.165, 1.54) is 40.6 Å². The molecule has 0 unspecified atom stereocenters. The zero-order valence-corrected chi connectivity index (χ0v) is 47.3. The number of cyclic esters (lactones) is 1. The third-order valence-corrected chi connectivity index (χ3v) is 18.0. The molecular weight excluding hydrogens is 1160 g/mol. The third-order valence-electron chi connectivity index (χ3n) is 12.5. The fourth-order valence-corrected chi connectivity index (χ4v) is 13.6. The first-order valence-electron chi connectivity index (χ1n) is 24.2. The second-order valence-electron chi connectivity index (χ2n) is 18.0. The van der Waals surface area contributed by atoms with Gasteiger partial charge in [-0.3, -0.25) is 38.4 Å². The maximum absolute atomic E-state index is 14.5. The van der Waals surface area contributed by atoms with Crippen LogP contribution in [0.25, 0.3) is 49.3 Å². The Balaban J connectivity index is 1.11. The quantitative estimate of drug-likeness (QED) is 0.0714. The first-order valence-corrected chi connectivity index (χ1v) is 29.6. The zero-order chi connectivity index (χ0) is 57.4. The molecule has 0 fully saturated rings. The van der Waals surface area contributed by atoms with E-state index >= 15 is 0 Å². The van der Waals surface area contributed by atoms with Gasteiger partial charge < -0.3 is 52.3 Å². The second-order valence-corrected chi connectivity index (χ2v) is 23.3. The van der Waals surface area contributed by atoms with Crippen molar-refractivity contribution in [3.8, 4) is 38.4 Å². The van der Waals surface area contributed by atoms with Gasteiger partial charge in [-0.25, -0.2) is 29.9 Å². The molecule has 30 heteroatoms. The van der Waals surface area contributed by atoms with Crippen molar-refractivity contribution in [3.05, 3.63) is 124 Å². The summed E-state index contributed by atoms with van der Waals surface area (Å²) in [6.07, 6.45) is -0.133. The summed E-state index contributed by atoms with van der Waals surface area (Å²) in [5.41, 5.74) is 7.01. The van der Waals surface area contributed by atoms with Crippen LogP contribution in [0.4, 0.5) is 0 Å². The lowest BCUT2D eigenvalue weighted by Crippen LogP contribution is -2.52. The number of rotatable bonds is 5. The molecule has 12 bridgehead atoms. The van der Waals surface area contributed by atoms with Crippen LogP contribution in [0.5, 0.6) is 5.75 Å². The molecule has 8 aromatic rings. The highest BCUT2D eigenvalue weighted by Gasteiger charge is 2.32. The van der Waals surface area contributed by atoms with Crippen LogP contribution in [-0.4, -0.2) is 110 Å². The number of hydrogen-bond acceptors (Lipinski definition) is 23. The summed E-state index contributed by atoms with van der Waals surface area (Å²) in [7, 11) is 0. The fraction of sp³-hybridized carbons (Fsp3) is 0.216. The van der Waals surface area contributed by atoms with Crippen LogP contribution < -0.4 is 32.3 Å². The summed E-state index contributed by atoms with van der Waals surface area (Å²) < 4.78 is 5.76. The molecule has 9 heterocycles. The number of aryl methyl sites for hydroxylation is 1. The number of aliphatic hydroxyl groups excluding tert-OH is 1. The minimum Gasteiger partial charge on any atom is -0.506 e. The Bertz CT molecular complexity index is 3940. The number of aliphatic hydroxyl groups is 1. The largest absolute Gasteiger partial charge is 0.506 e. The predicted molar refractivity (Wildman–Crippen MR) is 303 cm³/mol. The summed E-state index contributed by atoms with van der Waals surface area (Å²) in [6, 6.07) is 3.18. The van der Waals surface area contributed by atoms with Gasteiger partial charge in [0.25, 0.3) is 29.5 Å². The number of allylic oxidation sites excluding steroid dienone is 1. The van der Waals surface area contributed by atoms with Crippen LogP contribution in [0.1, 0.15) is 117 Å². The molecule has 10 rings (SSSR count). The number of nitrogens with one attached hydrogen (secondary N) is 6. The number of thiazole rings is 5. The highest BCUT2D eigenvalue weighted by atomic mass is 32.2. The number of aromatic hydroxyl groups is 1. The summed E-state index contributed by atoms with van der Waals surface area (Å²) in [5, 5.41) is 44.5. The molecule has 1 aromatic carbocycles. The first kappa shape index (κ1) is 55.9. The monoisotopic (exact) mass is 1210 g/mol. The maximum atomic E-state index is 14.5. The van der Waals surface area contributed by atoms with E-state index in [-0.39, 0.29) is 118 Å². The normalized spacial score (nSPS) is 18.4. The van der Waals surface area contributed by atoms with Crippen molar-refractivity contribution in [1.29, 1.82) is 0 Å². The topological polar surface area (TPSA) is 366 Å². The average molecular weight is 1210 g/mol. The number of nitrogens with two attached hydrogens (primary N) is 1. The third kappa shape index (κ3) is 11.8. The molecule has 2 aliphatic heterocycles. The fourth-order valence-electron chi connectivity index (χ4n) is 8.40. The van der Waals surface area contributed by atoms with Gasteiger partial charge in [0.2, 0.25) is 11.0 Å². The number of amides is 6. The van der Waals surface area contributed by atoms with E-state index in [1.54, 1.807) is 37.4 Å². The summed E-state index contributed by atoms with van der Waals surface area (Å²) >= 11 is 5.98. The molecule has 6 amide bonds. The Hall–Kier alpha value is -8.39. The van der Waals surface area contributed by atoms with Crippen molar-refractivity contribution < 1.29 is 53.3 Å². The van der Waals surface area contributed by atoms with Gasteiger partial charge in [0, 0.05) is 55.5 Å². The van der Waals surface area contributed by atoms with Crippen LogP contribution in [0, 0.1) is 6.92 Å². The highest BCUT2D eigenvalue weighted by Crippen LogP contribution is 2.42. The van der Waals surface area contributed by atoms with Gasteiger partial charge >= 0.3 is 5.97 Å². The lowest BCUT2D eigenvalue weighted by Gasteiger charge is -2.21. The number of esters is 1. The van der Waals surface area contributed by atoms with Gasteiger partial charge in [0.05, 0.1) is 35.3 Å². The average Bonchev–Trinajstić information content (AvgIpc) is 4.47. The Morgan fingerprint density at radius 2 is 1.46 bits per heavy atom. The molecule has 7 aromatic heterocycles. The van der Waals surface area contributed by atoms with Crippen molar-refractivity contribution in [1.82, 2.24) is 61.5 Å². The van der Waals surface area contributed by atoms with E-state index in [4.69, 9.17) is 20.4 Å². The van der Waals surface area contributed by atoms with Crippen LogP contribution >= 0.6 is 68.4 Å². The van der Waals surface area contributed by atoms with Crippen LogP contribution in [-0.2, 0) is 25.7 Å². The van der Waals surface area contributed by atoms with Crippen molar-refractivity contribution in [2.75, 3.05) is 5.75 Å². The van der Waals surface area contributed by atoms with Gasteiger partial charge in [-0.1, -0.05) is 36.5 Å². The predicted octanol–water partition coefficient (Wildman–Crippen LogP) is 5.91. The lowest BCUT2D eigenvalue weighted by molar-refractivity contribution is -0.145. The van der Waals surface area contributed by atoms with Gasteiger partial charge in [-0.2, -0.15) is 0 Å². The van der Waals surface area contributed by atoms with E-state index in [0.717, 1.165) is 68.4 Å². The number of thioether (sulfide) groups is 1. The molecule has 0 aliphatic carbocycles. The van der Waals surface area contributed by atoms with Crippen molar-refractivity contribution in [2.24, 2.45) is 5.73 Å². The summed E-state index contributed by atoms with van der Waals surface area (Å²) in [6.45, 7) is 8.00. The molecule has 0 spiro atoms. The number of aromatic nitrogens is 7. The number of pyridine rings is 1. The number of benzene rings is 1. The molecule has 24 nitrogen and oxygen atoms in total. The molecule has 0 saturated carbocycles. The van der Waals surface area contributed by atoms with Crippen LogP contribution in [0.3, 0.4) is 0 Å². The minimum absolute atomic E-state index is 0.0189. The second kappa shape index (κ2) is 23.4. The SMILES string of the molecule is C=C(NC(=O)c1csc(-c2nc3c(cc2O)-c2nc(cs2)C(=O)N[C@@H]([C@@H](C)O)C(=O)N/C(=C\C)c2nc(cs2)C(=O)N[C@@H]2CCC(=O)OCc4cccc5[nH]c(c(C)c45)C(=O)SC[C@H](NC(=O)c4csc2n4)c2nc-3cs2)n1)C(N)=O.